The van der Waals surface area contributed by atoms with E-state index in [4.69, 9.17) is 0 Å². The van der Waals surface area contributed by atoms with E-state index >= 15 is 0 Å². The normalized spacial score (nSPS) is 14.8. The lowest BCUT2D eigenvalue weighted by Gasteiger charge is -2.20. The predicted octanol–water partition coefficient (Wildman–Crippen LogP) is 4.02. The number of allylic oxidation sites excluding steroid dienone is 1. The first-order chi connectivity index (χ1) is 10.3. The summed E-state index contributed by atoms with van der Waals surface area (Å²) < 4.78 is 1.95. The first kappa shape index (κ1) is 16.9. The van der Waals surface area contributed by atoms with E-state index in [1.165, 1.54) is 0 Å². The SMILES string of the molecule is CC(C)C(O)C/C=C(\C[Si](C)(C)C)n1nnc2ccccc21. The fraction of sp³-hybridized carbons (Fsp3) is 0.529. The van der Waals surface area contributed by atoms with Crippen molar-refractivity contribution in [2.45, 2.75) is 52.1 Å². The van der Waals surface area contributed by atoms with Gasteiger partial charge in [-0.1, -0.05) is 56.9 Å². The molecule has 2 aromatic rings. The van der Waals surface area contributed by atoms with Crippen molar-refractivity contribution in [2.75, 3.05) is 0 Å². The number of hydrogen-bond acceptors (Lipinski definition) is 3. The second-order valence-electron chi connectivity index (χ2n) is 7.47. The molecular formula is C17H27N3OSi. The second kappa shape index (κ2) is 6.75. The fourth-order valence-electron chi connectivity index (χ4n) is 2.39. The van der Waals surface area contributed by atoms with Crippen molar-refractivity contribution in [2.24, 2.45) is 5.92 Å². The highest BCUT2D eigenvalue weighted by atomic mass is 28.3. The number of para-hydroxylation sites is 1. The summed E-state index contributed by atoms with van der Waals surface area (Å²) in [7, 11) is -1.30. The third-order valence-electron chi connectivity index (χ3n) is 3.70. The van der Waals surface area contributed by atoms with E-state index in [1.54, 1.807) is 0 Å². The molecule has 0 bridgehead atoms. The summed E-state index contributed by atoms with van der Waals surface area (Å²) in [5.74, 6) is 0.261. The van der Waals surface area contributed by atoms with Gasteiger partial charge in [0.25, 0.3) is 0 Å². The van der Waals surface area contributed by atoms with E-state index in [0.29, 0.717) is 6.42 Å². The maximum atomic E-state index is 10.1. The molecule has 1 aromatic heterocycles. The van der Waals surface area contributed by atoms with Crippen LogP contribution >= 0.6 is 0 Å². The van der Waals surface area contributed by atoms with Gasteiger partial charge in [0.1, 0.15) is 5.52 Å². The summed E-state index contributed by atoms with van der Waals surface area (Å²) in [6, 6.07) is 9.04. The molecule has 1 atom stereocenters. The van der Waals surface area contributed by atoms with Crippen LogP contribution in [0.1, 0.15) is 20.3 Å². The molecule has 22 heavy (non-hydrogen) atoms. The minimum absolute atomic E-state index is 0.261. The van der Waals surface area contributed by atoms with E-state index in [1.807, 2.05) is 42.8 Å². The molecule has 0 aliphatic heterocycles. The van der Waals surface area contributed by atoms with Gasteiger partial charge in [-0.25, -0.2) is 4.68 Å². The highest BCUT2D eigenvalue weighted by Crippen LogP contribution is 2.24. The van der Waals surface area contributed by atoms with Gasteiger partial charge in [-0.15, -0.1) is 5.10 Å². The van der Waals surface area contributed by atoms with Crippen molar-refractivity contribution in [1.82, 2.24) is 15.0 Å². The largest absolute Gasteiger partial charge is 0.393 e. The maximum Gasteiger partial charge on any atom is 0.113 e. The molecule has 0 aliphatic carbocycles. The predicted molar refractivity (Wildman–Crippen MR) is 95.4 cm³/mol. The molecule has 0 saturated heterocycles. The van der Waals surface area contributed by atoms with E-state index in [0.717, 1.165) is 22.8 Å². The van der Waals surface area contributed by atoms with Gasteiger partial charge in [-0.3, -0.25) is 0 Å². The Kier molecular flexibility index (Phi) is 5.18. The number of hydrogen-bond donors (Lipinski definition) is 1. The molecule has 0 amide bonds. The van der Waals surface area contributed by atoms with Crippen molar-refractivity contribution in [1.29, 1.82) is 0 Å². The molecule has 0 aliphatic rings. The van der Waals surface area contributed by atoms with E-state index in [-0.39, 0.29) is 12.0 Å². The lowest BCUT2D eigenvalue weighted by atomic mass is 10.0. The van der Waals surface area contributed by atoms with Gasteiger partial charge in [0.2, 0.25) is 0 Å². The van der Waals surface area contributed by atoms with Crippen LogP contribution in [0.15, 0.2) is 30.3 Å². The fourth-order valence-corrected chi connectivity index (χ4v) is 3.77. The Morgan fingerprint density at radius 2 is 1.95 bits per heavy atom. The van der Waals surface area contributed by atoms with Crippen LogP contribution in [0.3, 0.4) is 0 Å². The molecule has 0 fully saturated rings. The summed E-state index contributed by atoms with van der Waals surface area (Å²) >= 11 is 0. The summed E-state index contributed by atoms with van der Waals surface area (Å²) in [6.07, 6.45) is 2.49. The minimum Gasteiger partial charge on any atom is -0.393 e. The Hall–Kier alpha value is -1.46. The van der Waals surface area contributed by atoms with E-state index < -0.39 is 8.07 Å². The Labute approximate surface area is 133 Å². The first-order valence-corrected chi connectivity index (χ1v) is 11.7. The molecule has 2 rings (SSSR count). The molecule has 1 N–H and O–H groups in total. The average molecular weight is 318 g/mol. The van der Waals surface area contributed by atoms with Crippen LogP contribution < -0.4 is 0 Å². The Bertz CT molecular complexity index is 655. The summed E-state index contributed by atoms with van der Waals surface area (Å²) in [4.78, 5) is 0. The first-order valence-electron chi connectivity index (χ1n) is 7.96. The van der Waals surface area contributed by atoms with Gasteiger partial charge in [-0.05, 0) is 30.5 Å². The standard InChI is InChI=1S/C17H27N3OSi/c1-13(2)17(21)11-10-14(12-22(3,4)5)20-16-9-7-6-8-15(16)18-19-20/h6-10,13,17,21H,11-12H2,1-5H3/b14-10+. The van der Waals surface area contributed by atoms with Crippen molar-refractivity contribution >= 4 is 24.8 Å². The number of aromatic nitrogens is 3. The lowest BCUT2D eigenvalue weighted by molar-refractivity contribution is 0.128. The zero-order valence-electron chi connectivity index (χ0n) is 14.2. The quantitative estimate of drug-likeness (QED) is 0.819. The van der Waals surface area contributed by atoms with Gasteiger partial charge in [-0.2, -0.15) is 0 Å². The Balaban J connectivity index is 2.37. The van der Waals surface area contributed by atoms with Crippen molar-refractivity contribution < 1.29 is 5.11 Å². The van der Waals surface area contributed by atoms with Crippen LogP contribution in [0.5, 0.6) is 0 Å². The molecule has 5 heteroatoms. The van der Waals surface area contributed by atoms with Gasteiger partial charge in [0.05, 0.1) is 19.7 Å². The van der Waals surface area contributed by atoms with Gasteiger partial charge in [0.15, 0.2) is 0 Å². The van der Waals surface area contributed by atoms with Crippen LogP contribution in [-0.2, 0) is 0 Å². The molecule has 120 valence electrons. The maximum absolute atomic E-state index is 10.1. The number of nitrogens with zero attached hydrogens (tertiary/aromatic N) is 3. The van der Waals surface area contributed by atoms with E-state index in [2.05, 4.69) is 36.0 Å². The van der Waals surface area contributed by atoms with Crippen LogP contribution in [-0.4, -0.2) is 34.3 Å². The van der Waals surface area contributed by atoms with Gasteiger partial charge < -0.3 is 5.11 Å². The smallest absolute Gasteiger partial charge is 0.113 e. The van der Waals surface area contributed by atoms with Gasteiger partial charge >= 0.3 is 0 Å². The molecule has 1 heterocycles. The third kappa shape index (κ3) is 4.27. The molecule has 0 saturated carbocycles. The Morgan fingerprint density at radius 3 is 2.59 bits per heavy atom. The van der Waals surface area contributed by atoms with Crippen molar-refractivity contribution in [3.05, 3.63) is 30.3 Å². The number of aliphatic hydroxyl groups is 1. The number of fused-ring (bicyclic) bond motifs is 1. The molecular weight excluding hydrogens is 290 g/mol. The zero-order valence-corrected chi connectivity index (χ0v) is 15.2. The number of rotatable bonds is 6. The highest BCUT2D eigenvalue weighted by Gasteiger charge is 2.19. The van der Waals surface area contributed by atoms with Crippen molar-refractivity contribution in [3.63, 3.8) is 0 Å². The summed E-state index contributed by atoms with van der Waals surface area (Å²) in [5.41, 5.74) is 3.10. The highest BCUT2D eigenvalue weighted by molar-refractivity contribution is 6.77. The average Bonchev–Trinajstić information content (AvgIpc) is 2.85. The zero-order chi connectivity index (χ0) is 16.3. The monoisotopic (exact) mass is 317 g/mol. The van der Waals surface area contributed by atoms with Crippen LogP contribution in [0, 0.1) is 5.92 Å². The molecule has 1 unspecified atom stereocenters. The molecule has 0 spiro atoms. The van der Waals surface area contributed by atoms with E-state index in [9.17, 15) is 5.11 Å². The lowest BCUT2D eigenvalue weighted by Crippen LogP contribution is -2.22. The van der Waals surface area contributed by atoms with Crippen LogP contribution in [0.4, 0.5) is 0 Å². The minimum atomic E-state index is -1.30. The van der Waals surface area contributed by atoms with Crippen LogP contribution in [0.25, 0.3) is 16.7 Å². The van der Waals surface area contributed by atoms with Crippen molar-refractivity contribution in [3.8, 4) is 0 Å². The second-order valence-corrected chi connectivity index (χ2v) is 12.9. The Morgan fingerprint density at radius 1 is 1.27 bits per heavy atom. The number of benzene rings is 1. The molecule has 0 radical (unpaired) electrons. The topological polar surface area (TPSA) is 50.9 Å². The third-order valence-corrected chi connectivity index (χ3v) is 5.12. The van der Waals surface area contributed by atoms with Crippen LogP contribution in [0.2, 0.25) is 25.7 Å². The number of aliphatic hydroxyl groups excluding tert-OH is 1. The molecule has 4 nitrogen and oxygen atoms in total. The summed E-state index contributed by atoms with van der Waals surface area (Å²) in [5, 5.41) is 18.7. The van der Waals surface area contributed by atoms with Gasteiger partial charge in [0, 0.05) is 5.70 Å². The summed E-state index contributed by atoms with van der Waals surface area (Å²) in [6.45, 7) is 11.1. The molecule has 1 aromatic carbocycles.